The number of anilines is 1. The van der Waals surface area contributed by atoms with Crippen LogP contribution in [0.2, 0.25) is 0 Å². The van der Waals surface area contributed by atoms with Gasteiger partial charge in [-0.15, -0.1) is 0 Å². The molecule has 5 rings (SSSR count). The average molecular weight is 539 g/mol. The van der Waals surface area contributed by atoms with E-state index in [0.29, 0.717) is 30.2 Å². The van der Waals surface area contributed by atoms with E-state index in [9.17, 15) is 19.2 Å². The van der Waals surface area contributed by atoms with Crippen LogP contribution >= 0.6 is 0 Å². The number of piperidine rings is 2. The molecule has 1 aromatic carbocycles. The lowest BCUT2D eigenvalue weighted by Gasteiger charge is -2.43. The molecule has 3 saturated heterocycles. The maximum Gasteiger partial charge on any atom is 0.410 e. The minimum absolute atomic E-state index is 0.190. The van der Waals surface area contributed by atoms with Gasteiger partial charge in [0, 0.05) is 62.8 Å². The second kappa shape index (κ2) is 10.6. The molecule has 210 valence electrons. The highest BCUT2D eigenvalue weighted by Crippen LogP contribution is 2.26. The van der Waals surface area contributed by atoms with E-state index in [0.717, 1.165) is 50.1 Å². The van der Waals surface area contributed by atoms with Crippen molar-refractivity contribution < 1.29 is 19.1 Å². The highest BCUT2D eigenvalue weighted by molar-refractivity contribution is 5.99. The van der Waals surface area contributed by atoms with Gasteiger partial charge in [-0.25, -0.2) is 9.48 Å². The van der Waals surface area contributed by atoms with Crippen LogP contribution in [0.4, 0.5) is 10.5 Å². The Labute approximate surface area is 228 Å². The number of fused-ring (bicyclic) bond motifs is 1. The van der Waals surface area contributed by atoms with Crippen molar-refractivity contribution in [3.8, 4) is 0 Å². The van der Waals surface area contributed by atoms with Crippen molar-refractivity contribution in [1.82, 2.24) is 24.9 Å². The fourth-order valence-electron chi connectivity index (χ4n) is 5.81. The number of piperazine rings is 1. The minimum atomic E-state index is -0.776. The van der Waals surface area contributed by atoms with Crippen molar-refractivity contribution in [3.63, 3.8) is 0 Å². The molecule has 0 bridgehead atoms. The van der Waals surface area contributed by atoms with E-state index in [2.05, 4.69) is 20.2 Å². The lowest BCUT2D eigenvalue weighted by molar-refractivity contribution is -0.136. The molecule has 3 aliphatic heterocycles. The first-order valence-corrected chi connectivity index (χ1v) is 13.8. The van der Waals surface area contributed by atoms with Crippen LogP contribution in [0.15, 0.2) is 23.0 Å². The van der Waals surface area contributed by atoms with Crippen LogP contribution in [0.25, 0.3) is 10.8 Å². The SMILES string of the molecule is Cc1nn(C2CCC(=O)NC2=O)c(=O)c2ccc(N3CCN(C4CCN(C(=O)OC(C)(C)C)CC4)CC3)cc12. The van der Waals surface area contributed by atoms with Gasteiger partial charge in [-0.3, -0.25) is 24.6 Å². The Hall–Kier alpha value is -3.47. The van der Waals surface area contributed by atoms with Gasteiger partial charge in [0.1, 0.15) is 11.6 Å². The lowest BCUT2D eigenvalue weighted by Crippen LogP contribution is -2.54. The zero-order valence-electron chi connectivity index (χ0n) is 23.2. The summed E-state index contributed by atoms with van der Waals surface area (Å²) in [6, 6.07) is 5.49. The van der Waals surface area contributed by atoms with Crippen LogP contribution < -0.4 is 15.8 Å². The standard InChI is InChI=1S/C28H38N6O5/c1-18-22-17-20(5-6-21(22)26(37)34(30-18)23-7-8-24(35)29-25(23)36)32-15-13-31(14-16-32)19-9-11-33(12-10-19)27(38)39-28(2,3)4/h5-6,17,19,23H,7-16H2,1-4H3,(H,29,35,36). The van der Waals surface area contributed by atoms with E-state index < -0.39 is 17.6 Å². The summed E-state index contributed by atoms with van der Waals surface area (Å²) in [6.45, 7) is 12.6. The van der Waals surface area contributed by atoms with Gasteiger partial charge >= 0.3 is 6.09 Å². The average Bonchev–Trinajstić information content (AvgIpc) is 2.90. The zero-order chi connectivity index (χ0) is 27.9. The molecule has 1 atom stereocenters. The van der Waals surface area contributed by atoms with Gasteiger partial charge in [-0.2, -0.15) is 5.10 Å². The summed E-state index contributed by atoms with van der Waals surface area (Å²) in [4.78, 5) is 56.1. The molecule has 0 spiro atoms. The Balaban J connectivity index is 1.22. The van der Waals surface area contributed by atoms with Crippen LogP contribution in [-0.2, 0) is 14.3 Å². The number of likely N-dealkylation sites (tertiary alicyclic amines) is 1. The lowest BCUT2D eigenvalue weighted by atomic mass is 10.0. The van der Waals surface area contributed by atoms with Crippen molar-refractivity contribution in [2.75, 3.05) is 44.2 Å². The van der Waals surface area contributed by atoms with Gasteiger partial charge in [-0.1, -0.05) is 0 Å². The van der Waals surface area contributed by atoms with Gasteiger partial charge in [0.2, 0.25) is 5.91 Å². The number of ether oxygens (including phenoxy) is 1. The number of hydrogen-bond acceptors (Lipinski definition) is 8. The van der Waals surface area contributed by atoms with E-state index in [1.807, 2.05) is 50.8 Å². The van der Waals surface area contributed by atoms with Crippen molar-refractivity contribution in [2.24, 2.45) is 0 Å². The molecule has 3 amide bonds. The van der Waals surface area contributed by atoms with Crippen molar-refractivity contribution >= 4 is 34.4 Å². The molecule has 0 saturated carbocycles. The van der Waals surface area contributed by atoms with E-state index in [1.54, 1.807) is 0 Å². The molecule has 2 aromatic rings. The van der Waals surface area contributed by atoms with Crippen molar-refractivity contribution in [3.05, 3.63) is 34.2 Å². The number of nitrogens with zero attached hydrogens (tertiary/aromatic N) is 5. The first kappa shape index (κ1) is 27.1. The van der Waals surface area contributed by atoms with Crippen LogP contribution in [0.3, 0.4) is 0 Å². The van der Waals surface area contributed by atoms with Crippen LogP contribution in [0.5, 0.6) is 0 Å². The van der Waals surface area contributed by atoms with Gasteiger partial charge < -0.3 is 14.5 Å². The largest absolute Gasteiger partial charge is 0.444 e. The number of hydrogen-bond donors (Lipinski definition) is 1. The summed E-state index contributed by atoms with van der Waals surface area (Å²) in [5.74, 6) is -0.803. The van der Waals surface area contributed by atoms with E-state index in [1.165, 1.54) is 4.68 Å². The molecule has 11 nitrogen and oxygen atoms in total. The third-order valence-electron chi connectivity index (χ3n) is 7.91. The highest BCUT2D eigenvalue weighted by atomic mass is 16.6. The second-order valence-corrected chi connectivity index (χ2v) is 11.8. The summed E-state index contributed by atoms with van der Waals surface area (Å²) in [5.41, 5.74) is 0.918. The molecular weight excluding hydrogens is 500 g/mol. The molecule has 39 heavy (non-hydrogen) atoms. The van der Waals surface area contributed by atoms with Gasteiger partial charge in [0.25, 0.3) is 11.5 Å². The molecule has 3 fully saturated rings. The van der Waals surface area contributed by atoms with Gasteiger partial charge in [0.15, 0.2) is 0 Å². The summed E-state index contributed by atoms with van der Waals surface area (Å²) in [7, 11) is 0. The molecule has 11 heteroatoms. The molecule has 0 radical (unpaired) electrons. The number of nitrogens with one attached hydrogen (secondary N) is 1. The fraction of sp³-hybridized carbons (Fsp3) is 0.607. The highest BCUT2D eigenvalue weighted by Gasteiger charge is 2.32. The summed E-state index contributed by atoms with van der Waals surface area (Å²) in [5, 5.41) is 8.07. The first-order valence-electron chi connectivity index (χ1n) is 13.8. The number of amides is 3. The molecule has 1 N–H and O–H groups in total. The Bertz CT molecular complexity index is 1330. The molecule has 0 aliphatic carbocycles. The Morgan fingerprint density at radius 1 is 0.974 bits per heavy atom. The number of benzene rings is 1. The number of carbonyl (C=O) groups is 3. The number of imide groups is 1. The molecule has 4 heterocycles. The number of aromatic nitrogens is 2. The summed E-state index contributed by atoms with van der Waals surface area (Å²) >= 11 is 0. The first-order chi connectivity index (χ1) is 18.5. The smallest absolute Gasteiger partial charge is 0.410 e. The Morgan fingerprint density at radius 3 is 2.31 bits per heavy atom. The maximum absolute atomic E-state index is 13.2. The number of carbonyl (C=O) groups excluding carboxylic acids is 3. The van der Waals surface area contributed by atoms with Crippen molar-refractivity contribution in [2.45, 2.75) is 71.1 Å². The fourth-order valence-corrected chi connectivity index (χ4v) is 5.81. The quantitative estimate of drug-likeness (QED) is 0.592. The minimum Gasteiger partial charge on any atom is -0.444 e. The van der Waals surface area contributed by atoms with E-state index in [4.69, 9.17) is 4.74 Å². The van der Waals surface area contributed by atoms with Crippen LogP contribution in [0.1, 0.15) is 58.2 Å². The summed E-state index contributed by atoms with van der Waals surface area (Å²) in [6.07, 6.45) is 2.12. The van der Waals surface area contributed by atoms with Crippen LogP contribution in [0, 0.1) is 6.92 Å². The third-order valence-corrected chi connectivity index (χ3v) is 7.91. The van der Waals surface area contributed by atoms with Crippen LogP contribution in [-0.4, -0.2) is 88.4 Å². The molecule has 1 unspecified atom stereocenters. The monoisotopic (exact) mass is 538 g/mol. The zero-order valence-corrected chi connectivity index (χ0v) is 23.2. The molecule has 1 aromatic heterocycles. The normalized spacial score (nSPS) is 21.8. The number of rotatable bonds is 3. The second-order valence-electron chi connectivity index (χ2n) is 11.8. The Morgan fingerprint density at radius 2 is 1.67 bits per heavy atom. The maximum atomic E-state index is 13.2. The van der Waals surface area contributed by atoms with Gasteiger partial charge in [0.05, 0.1) is 11.1 Å². The topological polar surface area (TPSA) is 117 Å². The molecular formula is C28H38N6O5. The van der Waals surface area contributed by atoms with E-state index >= 15 is 0 Å². The van der Waals surface area contributed by atoms with Gasteiger partial charge in [-0.05, 0) is 65.2 Å². The van der Waals surface area contributed by atoms with E-state index in [-0.39, 0.29) is 30.4 Å². The number of aryl methyl sites for hydroxylation is 1. The van der Waals surface area contributed by atoms with Crippen molar-refractivity contribution in [1.29, 1.82) is 0 Å². The summed E-state index contributed by atoms with van der Waals surface area (Å²) < 4.78 is 6.75. The predicted octanol–water partition coefficient (Wildman–Crippen LogP) is 2.20. The Kier molecular flexibility index (Phi) is 7.37. The molecule has 3 aliphatic rings. The predicted molar refractivity (Wildman–Crippen MR) is 147 cm³/mol. The third kappa shape index (κ3) is 5.78.